The van der Waals surface area contributed by atoms with Crippen molar-refractivity contribution in [2.75, 3.05) is 12.4 Å². The molecule has 3 aromatic carbocycles. The van der Waals surface area contributed by atoms with E-state index in [1.165, 1.54) is 19.2 Å². The number of aromatic amines is 2. The normalized spacial score (nSPS) is 11.1. The van der Waals surface area contributed by atoms with Crippen LogP contribution in [0.25, 0.3) is 32.9 Å². The summed E-state index contributed by atoms with van der Waals surface area (Å²) in [5.74, 6) is -1.34. The summed E-state index contributed by atoms with van der Waals surface area (Å²) in [5.41, 5.74) is 1.33. The number of halogens is 2. The Balaban J connectivity index is 1.55. The minimum absolute atomic E-state index is 0.00291. The molecule has 0 bridgehead atoms. The van der Waals surface area contributed by atoms with Gasteiger partial charge in [-0.25, -0.2) is 23.7 Å². The predicted molar refractivity (Wildman–Crippen MR) is 123 cm³/mol. The van der Waals surface area contributed by atoms with Gasteiger partial charge in [-0.15, -0.1) is 0 Å². The molecule has 0 aliphatic rings. The van der Waals surface area contributed by atoms with Gasteiger partial charge in [-0.3, -0.25) is 10.1 Å². The summed E-state index contributed by atoms with van der Waals surface area (Å²) in [6.45, 7) is 0. The molecule has 0 saturated heterocycles. The average molecular weight is 461 g/mol. The van der Waals surface area contributed by atoms with Crippen molar-refractivity contribution in [3.8, 4) is 11.1 Å². The monoisotopic (exact) mass is 461 g/mol. The van der Waals surface area contributed by atoms with Crippen molar-refractivity contribution >= 4 is 33.8 Å². The zero-order chi connectivity index (χ0) is 23.8. The van der Waals surface area contributed by atoms with Crippen LogP contribution in [0.3, 0.4) is 0 Å². The highest BCUT2D eigenvalue weighted by molar-refractivity contribution is 5.89. The smallest absolute Gasteiger partial charge is 0.413 e. The Hall–Kier alpha value is -4.60. The molecule has 1 amide bonds. The molecule has 0 atom stereocenters. The number of anilines is 1. The quantitative estimate of drug-likeness (QED) is 0.364. The first-order valence-corrected chi connectivity index (χ1v) is 10.2. The summed E-state index contributed by atoms with van der Waals surface area (Å²) >= 11 is 0. The second-order valence-corrected chi connectivity index (χ2v) is 7.56. The van der Waals surface area contributed by atoms with Crippen LogP contribution in [0.15, 0.2) is 59.4 Å². The topological polar surface area (TPSA) is 113 Å². The number of aromatic nitrogens is 4. The summed E-state index contributed by atoms with van der Waals surface area (Å²) < 4.78 is 34.6. The summed E-state index contributed by atoms with van der Waals surface area (Å²) in [6.07, 6.45) is -0.467. The number of hydrogen-bond donors (Lipinski definition) is 3. The van der Waals surface area contributed by atoms with Crippen LogP contribution in [0, 0.1) is 11.6 Å². The SMILES string of the molecule is COC(=O)Nc1nc2c(F)c(-c3cc(Cc4n[nH]c(=O)c5ccccc45)ccc3F)ccc2[nH]1. The van der Waals surface area contributed by atoms with E-state index in [0.717, 1.165) is 0 Å². The molecule has 0 fully saturated rings. The lowest BCUT2D eigenvalue weighted by atomic mass is 9.98. The van der Waals surface area contributed by atoms with Crippen molar-refractivity contribution in [3.63, 3.8) is 0 Å². The van der Waals surface area contributed by atoms with Gasteiger partial charge in [0.05, 0.1) is 23.7 Å². The van der Waals surface area contributed by atoms with Gasteiger partial charge in [0.25, 0.3) is 5.56 Å². The van der Waals surface area contributed by atoms with Crippen LogP contribution >= 0.6 is 0 Å². The molecule has 170 valence electrons. The second kappa shape index (κ2) is 8.39. The van der Waals surface area contributed by atoms with Gasteiger partial charge in [-0.2, -0.15) is 5.10 Å². The van der Waals surface area contributed by atoms with Crippen molar-refractivity contribution in [1.82, 2.24) is 20.2 Å². The Morgan fingerprint density at radius 2 is 1.85 bits per heavy atom. The fourth-order valence-corrected chi connectivity index (χ4v) is 3.85. The number of H-pyrrole nitrogens is 2. The minimum Gasteiger partial charge on any atom is -0.453 e. The van der Waals surface area contributed by atoms with Crippen molar-refractivity contribution in [1.29, 1.82) is 0 Å². The van der Waals surface area contributed by atoms with E-state index in [9.17, 15) is 14.0 Å². The number of hydrogen-bond acceptors (Lipinski definition) is 5. The van der Waals surface area contributed by atoms with Gasteiger partial charge >= 0.3 is 6.09 Å². The van der Waals surface area contributed by atoms with Crippen LogP contribution in [0.2, 0.25) is 0 Å². The predicted octanol–water partition coefficient (Wildman–Crippen LogP) is 4.51. The standard InChI is InChI=1S/C24H17F2N5O3/c1-34-24(33)29-23-27-18-9-7-14(20(26)21(18)28-23)16-10-12(6-8-17(16)25)11-19-13-4-2-3-5-15(13)22(32)31-30-19/h2-10H,11H2,1H3,(H,31,32)(H2,27,28,29,33). The number of carbonyl (C=O) groups is 1. The zero-order valence-corrected chi connectivity index (χ0v) is 17.8. The van der Waals surface area contributed by atoms with Gasteiger partial charge in [0.2, 0.25) is 5.95 Å². The van der Waals surface area contributed by atoms with Gasteiger partial charge in [-0.1, -0.05) is 24.3 Å². The summed E-state index contributed by atoms with van der Waals surface area (Å²) in [4.78, 5) is 30.3. The highest BCUT2D eigenvalue weighted by Gasteiger charge is 2.18. The highest BCUT2D eigenvalue weighted by atomic mass is 19.1. The third kappa shape index (κ3) is 3.75. The first-order valence-electron chi connectivity index (χ1n) is 10.2. The molecule has 0 radical (unpaired) electrons. The van der Waals surface area contributed by atoms with Gasteiger partial charge in [0.15, 0.2) is 5.82 Å². The van der Waals surface area contributed by atoms with Crippen molar-refractivity contribution in [2.24, 2.45) is 0 Å². The van der Waals surface area contributed by atoms with Crippen molar-refractivity contribution < 1.29 is 18.3 Å². The molecule has 0 unspecified atom stereocenters. The molecule has 0 spiro atoms. The summed E-state index contributed by atoms with van der Waals surface area (Å²) in [6, 6.07) is 14.4. The molecule has 2 aromatic heterocycles. The van der Waals surface area contributed by atoms with Gasteiger partial charge in [0, 0.05) is 22.9 Å². The van der Waals surface area contributed by atoms with E-state index >= 15 is 4.39 Å². The Bertz CT molecular complexity index is 1630. The summed E-state index contributed by atoms with van der Waals surface area (Å²) in [5, 5.41) is 10.2. The molecule has 3 N–H and O–H groups in total. The Kier molecular flexibility index (Phi) is 5.25. The third-order valence-electron chi connectivity index (χ3n) is 5.47. The number of imidazole rings is 1. The van der Waals surface area contributed by atoms with E-state index in [2.05, 4.69) is 30.2 Å². The molecular weight excluding hydrogens is 444 g/mol. The Labute approximate surface area is 190 Å². The Morgan fingerprint density at radius 3 is 2.65 bits per heavy atom. The molecular formula is C24H17F2N5O3. The van der Waals surface area contributed by atoms with E-state index in [0.29, 0.717) is 34.0 Å². The van der Waals surface area contributed by atoms with Crippen LogP contribution in [-0.2, 0) is 11.2 Å². The molecule has 8 nitrogen and oxygen atoms in total. The van der Waals surface area contributed by atoms with E-state index in [1.807, 2.05) is 0 Å². The molecule has 2 heterocycles. The number of methoxy groups -OCH3 is 1. The maximum Gasteiger partial charge on any atom is 0.413 e. The number of carbonyl (C=O) groups excluding carboxylic acids is 1. The lowest BCUT2D eigenvalue weighted by molar-refractivity contribution is 0.186. The number of nitrogens with zero attached hydrogens (tertiary/aromatic N) is 2. The van der Waals surface area contributed by atoms with Gasteiger partial charge in [-0.05, 0) is 35.9 Å². The number of ether oxygens (including phenoxy) is 1. The second-order valence-electron chi connectivity index (χ2n) is 7.56. The first kappa shape index (κ1) is 21.3. The largest absolute Gasteiger partial charge is 0.453 e. The number of rotatable bonds is 4. The number of amides is 1. The molecule has 0 aliphatic carbocycles. The summed E-state index contributed by atoms with van der Waals surface area (Å²) in [7, 11) is 1.19. The van der Waals surface area contributed by atoms with Crippen LogP contribution in [-0.4, -0.2) is 33.4 Å². The lowest BCUT2D eigenvalue weighted by Gasteiger charge is -2.10. The molecule has 0 saturated carbocycles. The molecule has 5 rings (SSSR count). The van der Waals surface area contributed by atoms with Crippen LogP contribution < -0.4 is 10.9 Å². The fraction of sp³-hybridized carbons (Fsp3) is 0.0833. The van der Waals surface area contributed by atoms with Gasteiger partial charge < -0.3 is 9.72 Å². The van der Waals surface area contributed by atoms with Crippen LogP contribution in [0.1, 0.15) is 11.3 Å². The van der Waals surface area contributed by atoms with Crippen molar-refractivity contribution in [3.05, 3.63) is 87.8 Å². The van der Waals surface area contributed by atoms with E-state index in [1.54, 1.807) is 42.5 Å². The first-order chi connectivity index (χ1) is 16.4. The van der Waals surface area contributed by atoms with Crippen LogP contribution in [0.5, 0.6) is 0 Å². The number of fused-ring (bicyclic) bond motifs is 2. The fourth-order valence-electron chi connectivity index (χ4n) is 3.85. The van der Waals surface area contributed by atoms with Crippen molar-refractivity contribution in [2.45, 2.75) is 6.42 Å². The lowest BCUT2D eigenvalue weighted by Crippen LogP contribution is -2.11. The maximum atomic E-state index is 15.3. The highest BCUT2D eigenvalue weighted by Crippen LogP contribution is 2.31. The number of nitrogens with one attached hydrogen (secondary N) is 3. The van der Waals surface area contributed by atoms with E-state index in [4.69, 9.17) is 0 Å². The molecule has 34 heavy (non-hydrogen) atoms. The zero-order valence-electron chi connectivity index (χ0n) is 17.8. The average Bonchev–Trinajstić information content (AvgIpc) is 3.26. The van der Waals surface area contributed by atoms with E-state index < -0.39 is 17.7 Å². The third-order valence-corrected chi connectivity index (χ3v) is 5.47. The van der Waals surface area contributed by atoms with Gasteiger partial charge in [0.1, 0.15) is 11.3 Å². The Morgan fingerprint density at radius 1 is 1.06 bits per heavy atom. The molecule has 5 aromatic rings. The minimum atomic E-state index is -0.762. The van der Waals surface area contributed by atoms with E-state index in [-0.39, 0.29) is 28.2 Å². The molecule has 10 heteroatoms. The maximum absolute atomic E-state index is 15.3. The molecule has 0 aliphatic heterocycles. The van der Waals surface area contributed by atoms with Crippen LogP contribution in [0.4, 0.5) is 19.5 Å². The number of benzene rings is 3.